The lowest BCUT2D eigenvalue weighted by Crippen LogP contribution is -2.51. The van der Waals surface area contributed by atoms with Gasteiger partial charge in [0.2, 0.25) is 11.8 Å². The first-order valence-electron chi connectivity index (χ1n) is 6.98. The second kappa shape index (κ2) is 6.22. The van der Waals surface area contributed by atoms with Crippen LogP contribution >= 0.6 is 0 Å². The Morgan fingerprint density at radius 1 is 1.43 bits per heavy atom. The molecule has 1 unspecified atom stereocenters. The van der Waals surface area contributed by atoms with Gasteiger partial charge in [-0.05, 0) is 20.3 Å². The largest absolute Gasteiger partial charge is 0.496 e. The zero-order chi connectivity index (χ0) is 15.6. The fourth-order valence-corrected chi connectivity index (χ4v) is 2.57. The third-order valence-electron chi connectivity index (χ3n) is 3.92. The summed E-state index contributed by atoms with van der Waals surface area (Å²) in [6.07, 6.45) is 2.69. The van der Waals surface area contributed by atoms with Crippen molar-refractivity contribution in [2.75, 3.05) is 14.2 Å². The summed E-state index contributed by atoms with van der Waals surface area (Å²) in [5.74, 6) is 0.524. The highest BCUT2D eigenvalue weighted by atomic mass is 16.5. The molecule has 1 N–H and O–H groups in total. The van der Waals surface area contributed by atoms with Crippen LogP contribution in [0.2, 0.25) is 0 Å². The molecule has 6 nitrogen and oxygen atoms in total. The molecule has 6 heteroatoms. The molecule has 2 heterocycles. The van der Waals surface area contributed by atoms with Crippen LogP contribution < -0.4 is 10.1 Å². The van der Waals surface area contributed by atoms with Crippen LogP contribution in [-0.2, 0) is 16.1 Å². The van der Waals surface area contributed by atoms with Crippen LogP contribution in [0.5, 0.6) is 5.75 Å². The number of likely N-dealkylation sites (tertiary alicyclic amines) is 1. The Kier molecular flexibility index (Phi) is 4.57. The first-order chi connectivity index (χ1) is 9.95. The van der Waals surface area contributed by atoms with Gasteiger partial charge in [0.25, 0.3) is 0 Å². The zero-order valence-electron chi connectivity index (χ0n) is 12.9. The van der Waals surface area contributed by atoms with E-state index < -0.39 is 0 Å². The second-order valence-corrected chi connectivity index (χ2v) is 5.31. The molecule has 1 aliphatic heterocycles. The number of ether oxygens (including phenoxy) is 1. The number of rotatable bonds is 4. The van der Waals surface area contributed by atoms with Gasteiger partial charge < -0.3 is 10.1 Å². The minimum atomic E-state index is -0.332. The van der Waals surface area contributed by atoms with Gasteiger partial charge in [0.15, 0.2) is 0 Å². The van der Waals surface area contributed by atoms with Gasteiger partial charge in [0, 0.05) is 37.3 Å². The molecule has 2 amide bonds. The lowest BCUT2D eigenvalue weighted by atomic mass is 10.0. The SMILES string of the molecule is COc1c(C)cnc(CNC2CCC(=O)N(C)C2=O)c1C. The molecule has 1 aliphatic rings. The van der Waals surface area contributed by atoms with E-state index in [-0.39, 0.29) is 17.9 Å². The average molecular weight is 291 g/mol. The summed E-state index contributed by atoms with van der Waals surface area (Å²) in [4.78, 5) is 29.1. The summed E-state index contributed by atoms with van der Waals surface area (Å²) in [6, 6.07) is -0.332. The number of aryl methyl sites for hydroxylation is 1. The normalized spacial score (nSPS) is 19.0. The van der Waals surface area contributed by atoms with Crippen molar-refractivity contribution < 1.29 is 14.3 Å². The predicted molar refractivity (Wildman–Crippen MR) is 77.9 cm³/mol. The van der Waals surface area contributed by atoms with Crippen molar-refractivity contribution in [3.8, 4) is 5.75 Å². The number of hydrogen-bond donors (Lipinski definition) is 1. The van der Waals surface area contributed by atoms with Crippen LogP contribution in [0.3, 0.4) is 0 Å². The van der Waals surface area contributed by atoms with Gasteiger partial charge in [-0.1, -0.05) is 0 Å². The molecule has 1 saturated heterocycles. The fraction of sp³-hybridized carbons (Fsp3) is 0.533. The number of likely N-dealkylation sites (N-methyl/N-ethyl adjacent to an activating group) is 1. The van der Waals surface area contributed by atoms with E-state index in [4.69, 9.17) is 4.74 Å². The molecule has 21 heavy (non-hydrogen) atoms. The molecule has 0 bridgehead atoms. The lowest BCUT2D eigenvalue weighted by molar-refractivity contribution is -0.148. The molecular weight excluding hydrogens is 270 g/mol. The molecule has 0 radical (unpaired) electrons. The Bertz CT molecular complexity index is 572. The Labute approximate surface area is 124 Å². The smallest absolute Gasteiger partial charge is 0.246 e. The second-order valence-electron chi connectivity index (χ2n) is 5.31. The predicted octanol–water partition coefficient (Wildman–Crippen LogP) is 0.944. The van der Waals surface area contributed by atoms with E-state index in [1.54, 1.807) is 13.3 Å². The highest BCUT2D eigenvalue weighted by Gasteiger charge is 2.31. The molecule has 1 aromatic heterocycles. The molecular formula is C15H21N3O3. The summed E-state index contributed by atoms with van der Waals surface area (Å²) in [5.41, 5.74) is 2.81. The number of imide groups is 1. The maximum Gasteiger partial charge on any atom is 0.246 e. The monoisotopic (exact) mass is 291 g/mol. The molecule has 114 valence electrons. The average Bonchev–Trinajstić information content (AvgIpc) is 2.46. The van der Waals surface area contributed by atoms with Crippen LogP contribution in [0.1, 0.15) is 29.7 Å². The van der Waals surface area contributed by atoms with Crippen molar-refractivity contribution >= 4 is 11.8 Å². The van der Waals surface area contributed by atoms with Crippen molar-refractivity contribution in [2.45, 2.75) is 39.3 Å². The Hall–Kier alpha value is -1.95. The molecule has 0 saturated carbocycles. The van der Waals surface area contributed by atoms with Gasteiger partial charge >= 0.3 is 0 Å². The van der Waals surface area contributed by atoms with Gasteiger partial charge in [0.05, 0.1) is 18.8 Å². The van der Waals surface area contributed by atoms with Gasteiger partial charge in [-0.15, -0.1) is 0 Å². The summed E-state index contributed by atoms with van der Waals surface area (Å²) >= 11 is 0. The number of nitrogens with zero attached hydrogens (tertiary/aromatic N) is 2. The third-order valence-corrected chi connectivity index (χ3v) is 3.92. The van der Waals surface area contributed by atoms with Crippen molar-refractivity contribution in [2.24, 2.45) is 0 Å². The fourth-order valence-electron chi connectivity index (χ4n) is 2.57. The third kappa shape index (κ3) is 3.05. The Morgan fingerprint density at radius 2 is 2.14 bits per heavy atom. The van der Waals surface area contributed by atoms with Crippen LogP contribution in [0.4, 0.5) is 0 Å². The number of carbonyl (C=O) groups excluding carboxylic acids is 2. The van der Waals surface area contributed by atoms with E-state index in [0.717, 1.165) is 22.6 Å². The summed E-state index contributed by atoms with van der Waals surface area (Å²) < 4.78 is 5.37. The maximum absolute atomic E-state index is 12.0. The first-order valence-corrected chi connectivity index (χ1v) is 6.98. The number of nitrogens with one attached hydrogen (secondary N) is 1. The number of piperidine rings is 1. The molecule has 0 aliphatic carbocycles. The van der Waals surface area contributed by atoms with Gasteiger partial charge in [-0.3, -0.25) is 19.5 Å². The summed E-state index contributed by atoms with van der Waals surface area (Å²) in [7, 11) is 3.16. The number of aromatic nitrogens is 1. The number of carbonyl (C=O) groups is 2. The Morgan fingerprint density at radius 3 is 2.81 bits per heavy atom. The molecule has 0 aromatic carbocycles. The quantitative estimate of drug-likeness (QED) is 0.836. The molecule has 1 atom stereocenters. The van der Waals surface area contributed by atoms with E-state index in [0.29, 0.717) is 19.4 Å². The number of pyridine rings is 1. The van der Waals surface area contributed by atoms with E-state index in [9.17, 15) is 9.59 Å². The number of amides is 2. The lowest BCUT2D eigenvalue weighted by Gasteiger charge is -2.28. The number of methoxy groups -OCH3 is 1. The zero-order valence-corrected chi connectivity index (χ0v) is 12.9. The number of hydrogen-bond acceptors (Lipinski definition) is 5. The molecule has 1 aromatic rings. The maximum atomic E-state index is 12.0. The van der Waals surface area contributed by atoms with E-state index in [1.165, 1.54) is 11.9 Å². The molecule has 0 spiro atoms. The Balaban J connectivity index is 2.07. The minimum absolute atomic E-state index is 0.121. The summed E-state index contributed by atoms with van der Waals surface area (Å²) in [5, 5.41) is 3.19. The van der Waals surface area contributed by atoms with Gasteiger partial charge in [0.1, 0.15) is 5.75 Å². The van der Waals surface area contributed by atoms with Crippen LogP contribution in [-0.4, -0.2) is 41.9 Å². The molecule has 1 fully saturated rings. The van der Waals surface area contributed by atoms with Crippen LogP contribution in [0.25, 0.3) is 0 Å². The van der Waals surface area contributed by atoms with Gasteiger partial charge in [-0.25, -0.2) is 0 Å². The standard InChI is InChI=1S/C15H21N3O3/c1-9-7-16-12(10(2)14(9)21-4)8-17-11-5-6-13(19)18(3)15(11)20/h7,11,17H,5-6,8H2,1-4H3. The van der Waals surface area contributed by atoms with Crippen molar-refractivity contribution in [3.63, 3.8) is 0 Å². The van der Waals surface area contributed by atoms with Crippen molar-refractivity contribution in [1.82, 2.24) is 15.2 Å². The van der Waals surface area contributed by atoms with Crippen LogP contribution in [0, 0.1) is 13.8 Å². The highest BCUT2D eigenvalue weighted by molar-refractivity contribution is 6.00. The van der Waals surface area contributed by atoms with Crippen molar-refractivity contribution in [1.29, 1.82) is 0 Å². The highest BCUT2D eigenvalue weighted by Crippen LogP contribution is 2.24. The van der Waals surface area contributed by atoms with E-state index >= 15 is 0 Å². The first kappa shape index (κ1) is 15.4. The molecule has 2 rings (SSSR count). The topological polar surface area (TPSA) is 71.5 Å². The van der Waals surface area contributed by atoms with Gasteiger partial charge in [-0.2, -0.15) is 0 Å². The van der Waals surface area contributed by atoms with E-state index in [1.807, 2.05) is 13.8 Å². The van der Waals surface area contributed by atoms with Crippen LogP contribution in [0.15, 0.2) is 6.20 Å². The van der Waals surface area contributed by atoms with Crippen molar-refractivity contribution in [3.05, 3.63) is 23.0 Å². The van der Waals surface area contributed by atoms with E-state index in [2.05, 4.69) is 10.3 Å². The summed E-state index contributed by atoms with van der Waals surface area (Å²) in [6.45, 7) is 4.37. The minimum Gasteiger partial charge on any atom is -0.496 e.